The van der Waals surface area contributed by atoms with E-state index in [2.05, 4.69) is 14.9 Å². The van der Waals surface area contributed by atoms with E-state index in [9.17, 15) is 14.4 Å². The molecule has 12 heteroatoms. The zero-order valence-corrected chi connectivity index (χ0v) is 20.3. The molecule has 2 aliphatic heterocycles. The monoisotopic (exact) mass is 496 g/mol. The van der Waals surface area contributed by atoms with Crippen LogP contribution in [0.15, 0.2) is 11.2 Å². The lowest BCUT2D eigenvalue weighted by Crippen LogP contribution is -2.51. The molecule has 3 aliphatic rings. The summed E-state index contributed by atoms with van der Waals surface area (Å²) in [4.78, 5) is 53.0. The summed E-state index contributed by atoms with van der Waals surface area (Å²) in [6.07, 6.45) is 1.69. The van der Waals surface area contributed by atoms with E-state index < -0.39 is 0 Å². The van der Waals surface area contributed by atoms with Crippen molar-refractivity contribution in [3.63, 3.8) is 0 Å². The second-order valence-corrected chi connectivity index (χ2v) is 9.60. The molecule has 4 rings (SSSR count). The molecule has 0 N–H and O–H groups in total. The average Bonchev–Trinajstić information content (AvgIpc) is 3.68. The van der Waals surface area contributed by atoms with Crippen LogP contribution in [0.1, 0.15) is 19.8 Å². The number of nitrogens with zero attached hydrogens (tertiary/aromatic N) is 6. The largest absolute Gasteiger partial charge is 0.450 e. The quantitative estimate of drug-likeness (QED) is 0.332. The molecule has 1 aromatic rings. The van der Waals surface area contributed by atoms with Crippen molar-refractivity contribution in [3.05, 3.63) is 11.2 Å². The van der Waals surface area contributed by atoms with Crippen LogP contribution in [0.5, 0.6) is 0 Å². The highest BCUT2D eigenvalue weighted by molar-refractivity contribution is 7.99. The van der Waals surface area contributed by atoms with Gasteiger partial charge >= 0.3 is 6.09 Å². The number of carbonyl (C=O) groups is 3. The van der Waals surface area contributed by atoms with Crippen molar-refractivity contribution in [1.82, 2.24) is 24.7 Å². The topological polar surface area (TPSA) is 99.2 Å². The van der Waals surface area contributed by atoms with Gasteiger partial charge in [-0.25, -0.2) is 14.8 Å². The molecule has 0 atom stereocenters. The molecule has 1 aromatic heterocycles. The second-order valence-electron chi connectivity index (χ2n) is 8.27. The molecular formula is C21H29ClN6O4S. The zero-order chi connectivity index (χ0) is 23.4. The maximum Gasteiger partial charge on any atom is 0.409 e. The Morgan fingerprint density at radius 2 is 1.64 bits per heavy atom. The number of ether oxygens (including phenoxy) is 1. The van der Waals surface area contributed by atoms with E-state index in [0.717, 1.165) is 12.8 Å². The SMILES string of the molecule is CCOC(=O)N1CCN(C(=O)CSc2nc(Cl)cc(N3CCN(C(=O)C4CC4)CC3)n2)CC1. The summed E-state index contributed by atoms with van der Waals surface area (Å²) in [7, 11) is 0. The van der Waals surface area contributed by atoms with Crippen LogP contribution in [0.3, 0.4) is 0 Å². The zero-order valence-electron chi connectivity index (χ0n) is 18.7. The maximum absolute atomic E-state index is 12.6. The van der Waals surface area contributed by atoms with Gasteiger partial charge in [-0.1, -0.05) is 23.4 Å². The van der Waals surface area contributed by atoms with Crippen molar-refractivity contribution in [2.75, 3.05) is 69.6 Å². The molecule has 10 nitrogen and oxygen atoms in total. The van der Waals surface area contributed by atoms with Crippen LogP contribution in [-0.4, -0.2) is 107 Å². The summed E-state index contributed by atoms with van der Waals surface area (Å²) < 4.78 is 5.01. The molecule has 0 unspecified atom stereocenters. The molecule has 0 bridgehead atoms. The first-order chi connectivity index (χ1) is 15.9. The Balaban J connectivity index is 1.26. The average molecular weight is 497 g/mol. The first-order valence-corrected chi connectivity index (χ1v) is 12.7. The summed E-state index contributed by atoms with van der Waals surface area (Å²) in [5.74, 6) is 1.39. The first kappa shape index (κ1) is 23.9. The Kier molecular flexibility index (Phi) is 7.79. The minimum absolute atomic E-state index is 0.0270. The van der Waals surface area contributed by atoms with Crippen molar-refractivity contribution in [3.8, 4) is 0 Å². The minimum atomic E-state index is -0.337. The van der Waals surface area contributed by atoms with Gasteiger partial charge in [0.05, 0.1) is 12.4 Å². The highest BCUT2D eigenvalue weighted by Gasteiger charge is 2.34. The van der Waals surface area contributed by atoms with E-state index in [1.807, 2.05) is 4.90 Å². The smallest absolute Gasteiger partial charge is 0.409 e. The Morgan fingerprint density at radius 1 is 1.00 bits per heavy atom. The van der Waals surface area contributed by atoms with E-state index in [1.165, 1.54) is 11.8 Å². The van der Waals surface area contributed by atoms with E-state index >= 15 is 0 Å². The Labute approximate surface area is 202 Å². The summed E-state index contributed by atoms with van der Waals surface area (Å²) >= 11 is 7.49. The third-order valence-electron chi connectivity index (χ3n) is 5.99. The normalized spacial score (nSPS) is 19.0. The Morgan fingerprint density at radius 3 is 2.27 bits per heavy atom. The molecule has 0 radical (unpaired) electrons. The molecule has 0 spiro atoms. The van der Waals surface area contributed by atoms with Crippen molar-refractivity contribution >= 4 is 47.1 Å². The standard InChI is InChI=1S/C21H29ClN6O4S/c1-2-32-21(31)28-11-7-26(8-12-28)18(29)14-33-20-23-16(22)13-17(24-20)25-5-9-27(10-6-25)19(30)15-3-4-15/h13,15H,2-12,14H2,1H3. The highest BCUT2D eigenvalue weighted by Crippen LogP contribution is 2.31. The maximum atomic E-state index is 12.6. The van der Waals surface area contributed by atoms with E-state index in [1.54, 1.807) is 22.8 Å². The number of amides is 3. The molecule has 3 amide bonds. The number of piperazine rings is 2. The number of rotatable bonds is 6. The third-order valence-corrected chi connectivity index (χ3v) is 7.01. The second kappa shape index (κ2) is 10.8. The van der Waals surface area contributed by atoms with Crippen LogP contribution in [0.25, 0.3) is 0 Å². The lowest BCUT2D eigenvalue weighted by molar-refractivity contribution is -0.133. The molecule has 3 fully saturated rings. The number of carbonyl (C=O) groups excluding carboxylic acids is 3. The van der Waals surface area contributed by atoms with Crippen LogP contribution in [0, 0.1) is 5.92 Å². The molecule has 33 heavy (non-hydrogen) atoms. The third kappa shape index (κ3) is 6.20. The lowest BCUT2D eigenvalue weighted by atomic mass is 10.2. The predicted octanol–water partition coefficient (Wildman–Crippen LogP) is 1.58. The molecule has 1 aliphatic carbocycles. The minimum Gasteiger partial charge on any atom is -0.450 e. The summed E-state index contributed by atoms with van der Waals surface area (Å²) in [6.45, 7) is 6.72. The number of anilines is 1. The van der Waals surface area contributed by atoms with Gasteiger partial charge in [-0.2, -0.15) is 0 Å². The van der Waals surface area contributed by atoms with Crippen LogP contribution < -0.4 is 4.90 Å². The number of aromatic nitrogens is 2. The molecule has 2 saturated heterocycles. The van der Waals surface area contributed by atoms with Gasteiger partial charge in [0.25, 0.3) is 0 Å². The van der Waals surface area contributed by atoms with Gasteiger partial charge in [-0.3, -0.25) is 9.59 Å². The van der Waals surface area contributed by atoms with Gasteiger partial charge in [-0.15, -0.1) is 0 Å². The van der Waals surface area contributed by atoms with Crippen LogP contribution in [0.2, 0.25) is 5.15 Å². The van der Waals surface area contributed by atoms with E-state index in [-0.39, 0.29) is 29.6 Å². The van der Waals surface area contributed by atoms with Crippen LogP contribution in [0.4, 0.5) is 10.6 Å². The van der Waals surface area contributed by atoms with Gasteiger partial charge < -0.3 is 24.3 Å². The fourth-order valence-electron chi connectivity index (χ4n) is 3.93. The summed E-state index contributed by atoms with van der Waals surface area (Å²) in [6, 6.07) is 1.72. The summed E-state index contributed by atoms with van der Waals surface area (Å²) in [5.41, 5.74) is 0. The lowest BCUT2D eigenvalue weighted by Gasteiger charge is -2.35. The summed E-state index contributed by atoms with van der Waals surface area (Å²) in [5, 5.41) is 0.780. The number of thioether (sulfide) groups is 1. The molecule has 3 heterocycles. The van der Waals surface area contributed by atoms with Gasteiger partial charge in [0.2, 0.25) is 11.8 Å². The van der Waals surface area contributed by atoms with Gasteiger partial charge in [0.15, 0.2) is 5.16 Å². The van der Waals surface area contributed by atoms with E-state index in [0.29, 0.717) is 75.1 Å². The fraction of sp³-hybridized carbons (Fsp3) is 0.667. The van der Waals surface area contributed by atoms with Crippen molar-refractivity contribution in [1.29, 1.82) is 0 Å². The van der Waals surface area contributed by atoms with Gasteiger partial charge in [0.1, 0.15) is 11.0 Å². The number of hydrogen-bond donors (Lipinski definition) is 0. The van der Waals surface area contributed by atoms with Gasteiger partial charge in [-0.05, 0) is 19.8 Å². The molecule has 1 saturated carbocycles. The van der Waals surface area contributed by atoms with Crippen molar-refractivity contribution in [2.45, 2.75) is 24.9 Å². The Bertz CT molecular complexity index is 886. The van der Waals surface area contributed by atoms with Crippen LogP contribution >= 0.6 is 23.4 Å². The molecule has 180 valence electrons. The van der Waals surface area contributed by atoms with Crippen LogP contribution in [-0.2, 0) is 14.3 Å². The van der Waals surface area contributed by atoms with Crippen molar-refractivity contribution < 1.29 is 19.1 Å². The highest BCUT2D eigenvalue weighted by atomic mass is 35.5. The van der Waals surface area contributed by atoms with Gasteiger partial charge in [0, 0.05) is 64.3 Å². The Hall–Kier alpha value is -2.27. The fourth-order valence-corrected chi connectivity index (χ4v) is 4.91. The van der Waals surface area contributed by atoms with E-state index in [4.69, 9.17) is 16.3 Å². The van der Waals surface area contributed by atoms with Crippen molar-refractivity contribution in [2.24, 2.45) is 5.92 Å². The number of hydrogen-bond acceptors (Lipinski definition) is 8. The molecule has 0 aromatic carbocycles. The molecular weight excluding hydrogens is 468 g/mol. The predicted molar refractivity (Wildman–Crippen MR) is 124 cm³/mol. The number of halogens is 1. The first-order valence-electron chi connectivity index (χ1n) is 11.3.